The zero-order chi connectivity index (χ0) is 16.6. The van der Waals surface area contributed by atoms with Crippen LogP contribution in [0.5, 0.6) is 0 Å². The monoisotopic (exact) mass is 342 g/mol. The van der Waals surface area contributed by atoms with Crippen molar-refractivity contribution >= 4 is 27.7 Å². The molecular formula is C15H22N2O3S2. The minimum Gasteiger partial charge on any atom is -0.351 e. The normalized spacial score (nSPS) is 12.6. The van der Waals surface area contributed by atoms with Gasteiger partial charge in [-0.1, -0.05) is 23.8 Å². The molecular weight excluding hydrogens is 320 g/mol. The molecule has 1 unspecified atom stereocenters. The third-order valence-corrected chi connectivity index (χ3v) is 5.11. The van der Waals surface area contributed by atoms with Crippen LogP contribution in [0, 0.1) is 6.92 Å². The van der Waals surface area contributed by atoms with Crippen molar-refractivity contribution in [1.82, 2.24) is 10.0 Å². The lowest BCUT2D eigenvalue weighted by Gasteiger charge is -2.18. The second kappa shape index (κ2) is 8.97. The van der Waals surface area contributed by atoms with Crippen LogP contribution < -0.4 is 10.0 Å². The van der Waals surface area contributed by atoms with Crippen molar-refractivity contribution in [2.45, 2.75) is 24.3 Å². The largest absolute Gasteiger partial charge is 0.351 e. The highest BCUT2D eigenvalue weighted by Crippen LogP contribution is 2.12. The number of carbonyl (C=O) groups is 1. The number of aryl methyl sites for hydroxylation is 1. The number of nitrogens with one attached hydrogen (secondary N) is 2. The van der Waals surface area contributed by atoms with E-state index in [1.807, 2.05) is 13.2 Å². The molecule has 0 spiro atoms. The van der Waals surface area contributed by atoms with Gasteiger partial charge in [0, 0.05) is 6.54 Å². The lowest BCUT2D eigenvalue weighted by molar-refractivity contribution is -0.122. The van der Waals surface area contributed by atoms with Crippen molar-refractivity contribution in [3.05, 3.63) is 42.5 Å². The Bertz CT molecular complexity index is 598. The van der Waals surface area contributed by atoms with Gasteiger partial charge in [-0.15, -0.1) is 6.58 Å². The average Bonchev–Trinajstić information content (AvgIpc) is 2.49. The fourth-order valence-electron chi connectivity index (χ4n) is 1.75. The molecule has 0 fully saturated rings. The second-order valence-corrected chi connectivity index (χ2v) is 7.50. The molecule has 1 rings (SSSR count). The maximum absolute atomic E-state index is 12.4. The number of thioether (sulfide) groups is 1. The Balaban J connectivity index is 2.88. The first-order valence-corrected chi connectivity index (χ1v) is 9.75. The minimum atomic E-state index is -3.72. The lowest BCUT2D eigenvalue weighted by atomic mass is 10.2. The van der Waals surface area contributed by atoms with Gasteiger partial charge in [-0.05, 0) is 37.5 Å². The molecule has 1 atom stereocenters. The number of rotatable bonds is 9. The van der Waals surface area contributed by atoms with Crippen molar-refractivity contribution < 1.29 is 13.2 Å². The van der Waals surface area contributed by atoms with Crippen LogP contribution in [0.25, 0.3) is 0 Å². The Labute approximate surface area is 136 Å². The molecule has 1 aromatic carbocycles. The fraction of sp³-hybridized carbons (Fsp3) is 0.400. The minimum absolute atomic E-state index is 0.156. The van der Waals surface area contributed by atoms with Gasteiger partial charge in [0.1, 0.15) is 6.04 Å². The Morgan fingerprint density at radius 3 is 2.55 bits per heavy atom. The van der Waals surface area contributed by atoms with Crippen molar-refractivity contribution in [2.75, 3.05) is 18.6 Å². The highest BCUT2D eigenvalue weighted by molar-refractivity contribution is 7.98. The molecule has 5 nitrogen and oxygen atoms in total. The Morgan fingerprint density at radius 2 is 2.00 bits per heavy atom. The van der Waals surface area contributed by atoms with E-state index in [0.29, 0.717) is 18.7 Å². The van der Waals surface area contributed by atoms with Crippen LogP contribution in [0.1, 0.15) is 12.0 Å². The van der Waals surface area contributed by atoms with Crippen LogP contribution in [0.2, 0.25) is 0 Å². The summed E-state index contributed by atoms with van der Waals surface area (Å²) in [5.74, 6) is 0.340. The Kier molecular flexibility index (Phi) is 7.64. The summed E-state index contributed by atoms with van der Waals surface area (Å²) in [6.45, 7) is 5.72. The van der Waals surface area contributed by atoms with Crippen molar-refractivity contribution in [3.63, 3.8) is 0 Å². The van der Waals surface area contributed by atoms with Crippen molar-refractivity contribution in [2.24, 2.45) is 0 Å². The second-order valence-electron chi connectivity index (χ2n) is 4.80. The standard InChI is InChI=1S/C15H22N2O3S2/c1-4-10-16-15(18)14(9-11-21-3)17-22(19,20)13-7-5-12(2)6-8-13/h4-8,14,17H,1,9-11H2,2-3H3,(H,16,18). The summed E-state index contributed by atoms with van der Waals surface area (Å²) in [4.78, 5) is 12.2. The highest BCUT2D eigenvalue weighted by Gasteiger charge is 2.24. The van der Waals surface area contributed by atoms with Crippen LogP contribution in [0.15, 0.2) is 41.8 Å². The first-order valence-electron chi connectivity index (χ1n) is 6.87. The van der Waals surface area contributed by atoms with Gasteiger partial charge in [0.25, 0.3) is 0 Å². The number of hydrogen-bond acceptors (Lipinski definition) is 4. The molecule has 1 amide bonds. The van der Waals surface area contributed by atoms with E-state index in [2.05, 4.69) is 16.6 Å². The SMILES string of the molecule is C=CCNC(=O)C(CCSC)NS(=O)(=O)c1ccc(C)cc1. The van der Waals surface area contributed by atoms with Gasteiger partial charge in [-0.25, -0.2) is 8.42 Å². The molecule has 0 aliphatic rings. The van der Waals surface area contributed by atoms with E-state index in [-0.39, 0.29) is 10.8 Å². The first kappa shape index (κ1) is 18.7. The van der Waals surface area contributed by atoms with E-state index >= 15 is 0 Å². The lowest BCUT2D eigenvalue weighted by Crippen LogP contribution is -2.47. The third kappa shape index (κ3) is 5.82. The predicted molar refractivity (Wildman–Crippen MR) is 91.5 cm³/mol. The molecule has 0 aliphatic heterocycles. The number of carbonyl (C=O) groups excluding carboxylic acids is 1. The number of amides is 1. The van der Waals surface area contributed by atoms with Crippen LogP contribution >= 0.6 is 11.8 Å². The zero-order valence-corrected chi connectivity index (χ0v) is 14.5. The van der Waals surface area contributed by atoms with Crippen LogP contribution in [-0.4, -0.2) is 38.9 Å². The fourth-order valence-corrected chi connectivity index (χ4v) is 3.45. The van der Waals surface area contributed by atoms with E-state index in [9.17, 15) is 13.2 Å². The number of hydrogen-bond donors (Lipinski definition) is 2. The Hall–Kier alpha value is -1.31. The maximum Gasteiger partial charge on any atom is 0.241 e. The molecule has 0 radical (unpaired) electrons. The third-order valence-electron chi connectivity index (χ3n) is 2.98. The summed E-state index contributed by atoms with van der Waals surface area (Å²) in [5, 5.41) is 2.63. The molecule has 122 valence electrons. The van der Waals surface area contributed by atoms with Gasteiger partial charge in [0.2, 0.25) is 15.9 Å². The maximum atomic E-state index is 12.4. The molecule has 0 bridgehead atoms. The van der Waals surface area contributed by atoms with Crippen molar-refractivity contribution in [3.8, 4) is 0 Å². The summed E-state index contributed by atoms with van der Waals surface area (Å²) < 4.78 is 27.2. The molecule has 0 saturated heterocycles. The smallest absolute Gasteiger partial charge is 0.241 e. The Morgan fingerprint density at radius 1 is 1.36 bits per heavy atom. The molecule has 0 heterocycles. The molecule has 22 heavy (non-hydrogen) atoms. The summed E-state index contributed by atoms with van der Waals surface area (Å²) in [6.07, 6.45) is 3.89. The van der Waals surface area contributed by atoms with E-state index in [1.165, 1.54) is 12.1 Å². The van der Waals surface area contributed by atoms with E-state index in [0.717, 1.165) is 5.56 Å². The molecule has 0 aromatic heterocycles. The van der Waals surface area contributed by atoms with Gasteiger partial charge in [0.05, 0.1) is 4.90 Å². The summed E-state index contributed by atoms with van der Waals surface area (Å²) >= 11 is 1.56. The molecule has 7 heteroatoms. The van der Waals surface area contributed by atoms with E-state index < -0.39 is 16.1 Å². The summed E-state index contributed by atoms with van der Waals surface area (Å²) in [7, 11) is -3.72. The first-order chi connectivity index (χ1) is 10.4. The number of benzene rings is 1. The van der Waals surface area contributed by atoms with Gasteiger partial charge in [-0.3, -0.25) is 4.79 Å². The van der Waals surface area contributed by atoms with Crippen molar-refractivity contribution in [1.29, 1.82) is 0 Å². The topological polar surface area (TPSA) is 75.3 Å². The predicted octanol–water partition coefficient (Wildman–Crippen LogP) is 1.70. The van der Waals surface area contributed by atoms with Gasteiger partial charge >= 0.3 is 0 Å². The van der Waals surface area contributed by atoms with E-state index in [4.69, 9.17) is 0 Å². The molecule has 2 N–H and O–H groups in total. The van der Waals surface area contributed by atoms with E-state index in [1.54, 1.807) is 30.0 Å². The molecule has 0 saturated carbocycles. The average molecular weight is 342 g/mol. The molecule has 0 aliphatic carbocycles. The summed E-state index contributed by atoms with van der Waals surface area (Å²) in [5.41, 5.74) is 0.974. The molecule has 1 aromatic rings. The van der Waals surface area contributed by atoms with Gasteiger partial charge < -0.3 is 5.32 Å². The zero-order valence-electron chi connectivity index (χ0n) is 12.8. The van der Waals surface area contributed by atoms with Gasteiger partial charge in [-0.2, -0.15) is 16.5 Å². The van der Waals surface area contributed by atoms with Gasteiger partial charge in [0.15, 0.2) is 0 Å². The summed E-state index contributed by atoms with van der Waals surface area (Å²) in [6, 6.07) is 5.72. The quantitative estimate of drug-likeness (QED) is 0.670. The highest BCUT2D eigenvalue weighted by atomic mass is 32.2. The van der Waals surface area contributed by atoms with Crippen LogP contribution in [0.3, 0.4) is 0 Å². The van der Waals surface area contributed by atoms with Crippen LogP contribution in [-0.2, 0) is 14.8 Å². The number of sulfonamides is 1. The van der Waals surface area contributed by atoms with Crippen LogP contribution in [0.4, 0.5) is 0 Å².